The van der Waals surface area contributed by atoms with Gasteiger partial charge in [-0.15, -0.1) is 24.8 Å². The number of hydrogen-bond donors (Lipinski definition) is 1. The number of rotatable bonds is 2. The van der Waals surface area contributed by atoms with Gasteiger partial charge in [0.15, 0.2) is 0 Å². The Morgan fingerprint density at radius 3 is 2.19 bits per heavy atom. The predicted octanol–water partition coefficient (Wildman–Crippen LogP) is 3.97. The molecular formula is C16H27Cl2FN2. The van der Waals surface area contributed by atoms with Crippen molar-refractivity contribution in [2.24, 2.45) is 5.41 Å². The molecule has 1 aliphatic heterocycles. The van der Waals surface area contributed by atoms with Crippen LogP contribution >= 0.6 is 24.8 Å². The molecule has 2 rings (SSSR count). The molecule has 2 nitrogen and oxygen atoms in total. The highest BCUT2D eigenvalue weighted by Crippen LogP contribution is 2.38. The van der Waals surface area contributed by atoms with Crippen LogP contribution in [0.5, 0.6) is 0 Å². The first-order valence-corrected chi connectivity index (χ1v) is 7.10. The molecule has 1 aromatic carbocycles. The topological polar surface area (TPSA) is 15.3 Å². The fourth-order valence-corrected chi connectivity index (χ4v) is 3.04. The second kappa shape index (κ2) is 8.33. The molecule has 0 radical (unpaired) electrons. The fourth-order valence-electron chi connectivity index (χ4n) is 3.04. The minimum Gasteiger partial charge on any atom is -0.314 e. The van der Waals surface area contributed by atoms with Crippen LogP contribution in [0.2, 0.25) is 0 Å². The van der Waals surface area contributed by atoms with Gasteiger partial charge in [0.25, 0.3) is 0 Å². The third kappa shape index (κ3) is 5.10. The van der Waals surface area contributed by atoms with Crippen LogP contribution in [0.3, 0.4) is 0 Å². The highest BCUT2D eigenvalue weighted by Gasteiger charge is 2.32. The van der Waals surface area contributed by atoms with Crippen LogP contribution < -0.4 is 5.32 Å². The van der Waals surface area contributed by atoms with E-state index >= 15 is 0 Å². The molecule has 1 heterocycles. The molecule has 1 fully saturated rings. The molecule has 0 saturated carbocycles. The Hall–Kier alpha value is -0.350. The molecule has 0 spiro atoms. The molecule has 5 heteroatoms. The molecule has 122 valence electrons. The molecular weight excluding hydrogens is 310 g/mol. The van der Waals surface area contributed by atoms with E-state index in [1.54, 1.807) is 6.07 Å². The first kappa shape index (κ1) is 20.6. The summed E-state index contributed by atoms with van der Waals surface area (Å²) in [6.45, 7) is 12.8. The average molecular weight is 337 g/mol. The number of nitrogens with one attached hydrogen (secondary N) is 1. The summed E-state index contributed by atoms with van der Waals surface area (Å²) >= 11 is 0. The third-order valence-electron chi connectivity index (χ3n) is 3.83. The quantitative estimate of drug-likeness (QED) is 0.878. The lowest BCUT2D eigenvalue weighted by molar-refractivity contribution is 0.0861. The van der Waals surface area contributed by atoms with Crippen molar-refractivity contribution in [1.29, 1.82) is 0 Å². The Balaban J connectivity index is 0.00000200. The van der Waals surface area contributed by atoms with E-state index in [9.17, 15) is 4.39 Å². The van der Waals surface area contributed by atoms with Gasteiger partial charge in [0, 0.05) is 32.2 Å². The van der Waals surface area contributed by atoms with E-state index in [1.807, 2.05) is 19.1 Å². The van der Waals surface area contributed by atoms with E-state index in [0.717, 1.165) is 31.7 Å². The number of aryl methyl sites for hydroxylation is 1. The number of halogens is 3. The summed E-state index contributed by atoms with van der Waals surface area (Å²) in [4.78, 5) is 2.52. The molecule has 0 unspecified atom stereocenters. The number of nitrogens with zero attached hydrogens (tertiary/aromatic N) is 1. The number of piperazine rings is 1. The minimum absolute atomic E-state index is 0. The van der Waals surface area contributed by atoms with Crippen LogP contribution in [0.15, 0.2) is 18.2 Å². The summed E-state index contributed by atoms with van der Waals surface area (Å²) < 4.78 is 13.5. The molecule has 1 saturated heterocycles. The van der Waals surface area contributed by atoms with Gasteiger partial charge in [0.1, 0.15) is 5.82 Å². The van der Waals surface area contributed by atoms with Gasteiger partial charge in [0.2, 0.25) is 0 Å². The molecule has 1 aliphatic rings. The summed E-state index contributed by atoms with van der Waals surface area (Å²) in [5.41, 5.74) is 2.11. The monoisotopic (exact) mass is 336 g/mol. The largest absolute Gasteiger partial charge is 0.314 e. The van der Waals surface area contributed by atoms with E-state index in [2.05, 4.69) is 31.0 Å². The third-order valence-corrected chi connectivity index (χ3v) is 3.83. The lowest BCUT2D eigenvalue weighted by Crippen LogP contribution is -2.48. The first-order valence-electron chi connectivity index (χ1n) is 7.10. The zero-order valence-electron chi connectivity index (χ0n) is 13.3. The summed E-state index contributed by atoms with van der Waals surface area (Å²) in [6.07, 6.45) is 0. The van der Waals surface area contributed by atoms with Crippen molar-refractivity contribution in [2.75, 3.05) is 26.2 Å². The highest BCUT2D eigenvalue weighted by atomic mass is 35.5. The van der Waals surface area contributed by atoms with Crippen LogP contribution in [-0.4, -0.2) is 31.1 Å². The molecule has 0 amide bonds. The van der Waals surface area contributed by atoms with Gasteiger partial charge >= 0.3 is 0 Å². The van der Waals surface area contributed by atoms with Gasteiger partial charge in [-0.05, 0) is 29.5 Å². The van der Waals surface area contributed by atoms with Crippen molar-refractivity contribution in [1.82, 2.24) is 10.2 Å². The summed E-state index contributed by atoms with van der Waals surface area (Å²) in [5, 5.41) is 3.39. The van der Waals surface area contributed by atoms with Crippen LogP contribution in [0.4, 0.5) is 4.39 Å². The second-order valence-corrected chi connectivity index (χ2v) is 6.56. The SMILES string of the molecule is Cc1cc([C@H](N2CCNCC2)C(C)(C)C)ccc1F.Cl.Cl. The van der Waals surface area contributed by atoms with Crippen molar-refractivity contribution in [3.63, 3.8) is 0 Å². The smallest absolute Gasteiger partial charge is 0.126 e. The van der Waals surface area contributed by atoms with Crippen molar-refractivity contribution in [2.45, 2.75) is 33.7 Å². The number of benzene rings is 1. The lowest BCUT2D eigenvalue weighted by Gasteiger charge is -2.42. The summed E-state index contributed by atoms with van der Waals surface area (Å²) in [6, 6.07) is 5.90. The number of hydrogen-bond acceptors (Lipinski definition) is 2. The molecule has 1 aromatic rings. The van der Waals surface area contributed by atoms with E-state index in [-0.39, 0.29) is 36.0 Å². The molecule has 0 aromatic heterocycles. The summed E-state index contributed by atoms with van der Waals surface area (Å²) in [7, 11) is 0. The van der Waals surface area contributed by atoms with E-state index < -0.39 is 0 Å². The van der Waals surface area contributed by atoms with Gasteiger partial charge in [-0.3, -0.25) is 4.90 Å². The predicted molar refractivity (Wildman–Crippen MR) is 92.3 cm³/mol. The highest BCUT2D eigenvalue weighted by molar-refractivity contribution is 5.85. The lowest BCUT2D eigenvalue weighted by atomic mass is 9.80. The molecule has 1 N–H and O–H groups in total. The molecule has 1 atom stereocenters. The maximum atomic E-state index is 13.5. The first-order chi connectivity index (χ1) is 8.89. The maximum absolute atomic E-state index is 13.5. The van der Waals surface area contributed by atoms with Gasteiger partial charge in [-0.1, -0.05) is 32.9 Å². The summed E-state index contributed by atoms with van der Waals surface area (Å²) in [5.74, 6) is -0.114. The zero-order chi connectivity index (χ0) is 14.0. The van der Waals surface area contributed by atoms with Crippen LogP contribution in [0, 0.1) is 18.2 Å². The Morgan fingerprint density at radius 2 is 1.71 bits per heavy atom. The van der Waals surface area contributed by atoms with Gasteiger partial charge in [0.05, 0.1) is 0 Å². The molecule has 0 bridgehead atoms. The van der Waals surface area contributed by atoms with E-state index in [1.165, 1.54) is 5.56 Å². The normalized spacial score (nSPS) is 17.6. The van der Waals surface area contributed by atoms with Gasteiger partial charge in [-0.2, -0.15) is 0 Å². The van der Waals surface area contributed by atoms with Gasteiger partial charge in [-0.25, -0.2) is 4.39 Å². The van der Waals surface area contributed by atoms with Crippen LogP contribution in [-0.2, 0) is 0 Å². The second-order valence-electron chi connectivity index (χ2n) is 6.56. The Kier molecular flexibility index (Phi) is 8.19. The van der Waals surface area contributed by atoms with Gasteiger partial charge < -0.3 is 5.32 Å². The standard InChI is InChI=1S/C16H25FN2.2ClH/c1-12-11-13(5-6-14(12)17)15(16(2,3)4)19-9-7-18-8-10-19;;/h5-6,11,15,18H,7-10H2,1-4H3;2*1H/t15-;;/m0../s1. The fraction of sp³-hybridized carbons (Fsp3) is 0.625. The van der Waals surface area contributed by atoms with Crippen molar-refractivity contribution in [3.8, 4) is 0 Å². The van der Waals surface area contributed by atoms with Crippen LogP contribution in [0.1, 0.15) is 37.9 Å². The molecule has 0 aliphatic carbocycles. The van der Waals surface area contributed by atoms with E-state index in [0.29, 0.717) is 6.04 Å². The Bertz CT molecular complexity index is 440. The van der Waals surface area contributed by atoms with E-state index in [4.69, 9.17) is 0 Å². The Labute approximate surface area is 140 Å². The Morgan fingerprint density at radius 1 is 1.14 bits per heavy atom. The zero-order valence-corrected chi connectivity index (χ0v) is 14.9. The average Bonchev–Trinajstić information content (AvgIpc) is 2.34. The van der Waals surface area contributed by atoms with Crippen molar-refractivity contribution < 1.29 is 4.39 Å². The maximum Gasteiger partial charge on any atom is 0.126 e. The molecule has 21 heavy (non-hydrogen) atoms. The van der Waals surface area contributed by atoms with Crippen molar-refractivity contribution >= 4 is 24.8 Å². The van der Waals surface area contributed by atoms with Crippen LogP contribution in [0.25, 0.3) is 0 Å². The minimum atomic E-state index is -0.114. The van der Waals surface area contributed by atoms with Crippen molar-refractivity contribution in [3.05, 3.63) is 35.1 Å².